The highest BCUT2D eigenvalue weighted by Gasteiger charge is 2.21. The summed E-state index contributed by atoms with van der Waals surface area (Å²) in [4.78, 5) is 18.1. The molecule has 1 amide bonds. The second-order valence-electron chi connectivity index (χ2n) is 4.67. The summed E-state index contributed by atoms with van der Waals surface area (Å²) in [5, 5.41) is 9.00. The summed E-state index contributed by atoms with van der Waals surface area (Å²) < 4.78 is 0. The van der Waals surface area contributed by atoms with Crippen LogP contribution < -0.4 is 0 Å². The van der Waals surface area contributed by atoms with Gasteiger partial charge in [-0.05, 0) is 30.9 Å². The van der Waals surface area contributed by atoms with Gasteiger partial charge < -0.3 is 10.0 Å². The van der Waals surface area contributed by atoms with Crippen molar-refractivity contribution in [3.63, 3.8) is 0 Å². The van der Waals surface area contributed by atoms with Crippen molar-refractivity contribution in [1.29, 1.82) is 0 Å². The Bertz CT molecular complexity index is 398. The standard InChI is InChI=1S/C13H18N2O2/c1-10-3-6-15(7-4-10)13(17)11-2-5-14-12(8-11)9-16/h2,5,8,10,16H,3-4,6-7,9H2,1H3. The fourth-order valence-corrected chi connectivity index (χ4v) is 2.09. The van der Waals surface area contributed by atoms with Gasteiger partial charge in [0.2, 0.25) is 0 Å². The molecule has 0 atom stereocenters. The summed E-state index contributed by atoms with van der Waals surface area (Å²) in [6, 6.07) is 3.37. The van der Waals surface area contributed by atoms with Crippen LogP contribution in [0.2, 0.25) is 0 Å². The van der Waals surface area contributed by atoms with E-state index in [2.05, 4.69) is 11.9 Å². The van der Waals surface area contributed by atoms with E-state index in [1.807, 2.05) is 4.90 Å². The highest BCUT2D eigenvalue weighted by molar-refractivity contribution is 5.94. The van der Waals surface area contributed by atoms with E-state index in [4.69, 9.17) is 5.11 Å². The number of likely N-dealkylation sites (tertiary alicyclic amines) is 1. The van der Waals surface area contributed by atoms with E-state index in [0.717, 1.165) is 25.9 Å². The fraction of sp³-hybridized carbons (Fsp3) is 0.538. The zero-order valence-corrected chi connectivity index (χ0v) is 10.1. The lowest BCUT2D eigenvalue weighted by Gasteiger charge is -2.30. The van der Waals surface area contributed by atoms with E-state index in [-0.39, 0.29) is 12.5 Å². The first-order valence-electron chi connectivity index (χ1n) is 6.05. The summed E-state index contributed by atoms with van der Waals surface area (Å²) >= 11 is 0. The van der Waals surface area contributed by atoms with Crippen LogP contribution in [0.1, 0.15) is 35.8 Å². The van der Waals surface area contributed by atoms with Crippen molar-refractivity contribution in [3.8, 4) is 0 Å². The molecule has 0 unspecified atom stereocenters. The minimum Gasteiger partial charge on any atom is -0.390 e. The van der Waals surface area contributed by atoms with Crippen LogP contribution in [0.25, 0.3) is 0 Å². The number of aliphatic hydroxyl groups excluding tert-OH is 1. The molecule has 0 aromatic carbocycles. The van der Waals surface area contributed by atoms with Gasteiger partial charge in [-0.2, -0.15) is 0 Å². The molecule has 0 aliphatic carbocycles. The van der Waals surface area contributed by atoms with Gasteiger partial charge in [0, 0.05) is 24.8 Å². The predicted octanol–water partition coefficient (Wildman–Crippen LogP) is 1.45. The second-order valence-corrected chi connectivity index (χ2v) is 4.67. The predicted molar refractivity (Wildman–Crippen MR) is 64.5 cm³/mol. The number of hydrogen-bond donors (Lipinski definition) is 1. The third-order valence-electron chi connectivity index (χ3n) is 3.30. The van der Waals surface area contributed by atoms with Gasteiger partial charge in [-0.1, -0.05) is 6.92 Å². The van der Waals surface area contributed by atoms with Gasteiger partial charge in [0.15, 0.2) is 0 Å². The molecule has 0 spiro atoms. The van der Waals surface area contributed by atoms with E-state index < -0.39 is 0 Å². The number of amides is 1. The molecule has 2 heterocycles. The van der Waals surface area contributed by atoms with Crippen molar-refractivity contribution in [3.05, 3.63) is 29.6 Å². The first kappa shape index (κ1) is 12.0. The van der Waals surface area contributed by atoms with Crippen molar-refractivity contribution >= 4 is 5.91 Å². The summed E-state index contributed by atoms with van der Waals surface area (Å²) in [6.45, 7) is 3.75. The molecule has 4 heteroatoms. The summed E-state index contributed by atoms with van der Waals surface area (Å²) in [5.41, 5.74) is 1.17. The maximum Gasteiger partial charge on any atom is 0.253 e. The zero-order valence-electron chi connectivity index (χ0n) is 10.1. The minimum atomic E-state index is -0.127. The molecule has 0 bridgehead atoms. The lowest BCUT2D eigenvalue weighted by Crippen LogP contribution is -2.37. The van der Waals surface area contributed by atoms with Gasteiger partial charge in [-0.25, -0.2) is 0 Å². The summed E-state index contributed by atoms with van der Waals surface area (Å²) in [5.74, 6) is 0.762. The normalized spacial score (nSPS) is 17.2. The smallest absolute Gasteiger partial charge is 0.253 e. The molecule has 1 fully saturated rings. The number of carbonyl (C=O) groups is 1. The molecule has 1 aliphatic heterocycles. The average molecular weight is 234 g/mol. The summed E-state index contributed by atoms with van der Waals surface area (Å²) in [6.07, 6.45) is 3.72. The third kappa shape index (κ3) is 2.82. The maximum absolute atomic E-state index is 12.2. The van der Waals surface area contributed by atoms with Gasteiger partial charge in [0.1, 0.15) is 0 Å². The lowest BCUT2D eigenvalue weighted by atomic mass is 9.98. The van der Waals surface area contributed by atoms with Crippen molar-refractivity contribution in [2.24, 2.45) is 5.92 Å². The van der Waals surface area contributed by atoms with Crippen LogP contribution in [0, 0.1) is 5.92 Å². The van der Waals surface area contributed by atoms with E-state index in [9.17, 15) is 4.79 Å². The Morgan fingerprint density at radius 3 is 2.88 bits per heavy atom. The minimum absolute atomic E-state index is 0.0500. The van der Waals surface area contributed by atoms with Crippen LogP contribution in [0.3, 0.4) is 0 Å². The molecule has 92 valence electrons. The Hall–Kier alpha value is -1.42. The van der Waals surface area contributed by atoms with Gasteiger partial charge in [0.25, 0.3) is 5.91 Å². The maximum atomic E-state index is 12.2. The first-order valence-corrected chi connectivity index (χ1v) is 6.05. The largest absolute Gasteiger partial charge is 0.390 e. The molecule has 0 saturated carbocycles. The van der Waals surface area contributed by atoms with E-state index in [1.54, 1.807) is 18.3 Å². The Labute approximate surface area is 101 Å². The monoisotopic (exact) mass is 234 g/mol. The van der Waals surface area contributed by atoms with E-state index in [0.29, 0.717) is 17.2 Å². The molecule has 17 heavy (non-hydrogen) atoms. The number of pyridine rings is 1. The number of aromatic nitrogens is 1. The summed E-state index contributed by atoms with van der Waals surface area (Å²) in [7, 11) is 0. The van der Waals surface area contributed by atoms with Crippen molar-refractivity contribution < 1.29 is 9.90 Å². The number of rotatable bonds is 2. The van der Waals surface area contributed by atoms with E-state index in [1.165, 1.54) is 0 Å². The Balaban J connectivity index is 2.08. The quantitative estimate of drug-likeness (QED) is 0.842. The number of carbonyl (C=O) groups excluding carboxylic acids is 1. The average Bonchev–Trinajstić information content (AvgIpc) is 2.39. The van der Waals surface area contributed by atoms with Crippen molar-refractivity contribution in [2.45, 2.75) is 26.4 Å². The van der Waals surface area contributed by atoms with Crippen LogP contribution >= 0.6 is 0 Å². The highest BCUT2D eigenvalue weighted by Crippen LogP contribution is 2.18. The Morgan fingerprint density at radius 2 is 2.24 bits per heavy atom. The Morgan fingerprint density at radius 1 is 1.53 bits per heavy atom. The molecule has 1 aliphatic rings. The van der Waals surface area contributed by atoms with E-state index >= 15 is 0 Å². The number of hydrogen-bond acceptors (Lipinski definition) is 3. The number of nitrogens with zero attached hydrogens (tertiary/aromatic N) is 2. The van der Waals surface area contributed by atoms with Crippen LogP contribution in [-0.4, -0.2) is 34.0 Å². The lowest BCUT2D eigenvalue weighted by molar-refractivity contribution is 0.0697. The third-order valence-corrected chi connectivity index (χ3v) is 3.30. The van der Waals surface area contributed by atoms with Gasteiger partial charge in [0.05, 0.1) is 12.3 Å². The zero-order chi connectivity index (χ0) is 12.3. The molecule has 0 radical (unpaired) electrons. The van der Waals surface area contributed by atoms with Crippen LogP contribution in [0.15, 0.2) is 18.3 Å². The van der Waals surface area contributed by atoms with Gasteiger partial charge >= 0.3 is 0 Å². The SMILES string of the molecule is CC1CCN(C(=O)c2ccnc(CO)c2)CC1. The molecular formula is C13H18N2O2. The van der Waals surface area contributed by atoms with Gasteiger partial charge in [-0.15, -0.1) is 0 Å². The molecule has 1 N–H and O–H groups in total. The number of aliphatic hydroxyl groups is 1. The Kier molecular flexibility index (Phi) is 3.74. The van der Waals surface area contributed by atoms with Crippen molar-refractivity contribution in [1.82, 2.24) is 9.88 Å². The first-order chi connectivity index (χ1) is 8.20. The fourth-order valence-electron chi connectivity index (χ4n) is 2.09. The van der Waals surface area contributed by atoms with Crippen LogP contribution in [0.5, 0.6) is 0 Å². The molecule has 1 saturated heterocycles. The van der Waals surface area contributed by atoms with Crippen LogP contribution in [0.4, 0.5) is 0 Å². The van der Waals surface area contributed by atoms with Crippen molar-refractivity contribution in [2.75, 3.05) is 13.1 Å². The molecule has 1 aromatic heterocycles. The molecule has 4 nitrogen and oxygen atoms in total. The second kappa shape index (κ2) is 5.27. The molecule has 2 rings (SSSR count). The number of piperidine rings is 1. The van der Waals surface area contributed by atoms with Gasteiger partial charge in [-0.3, -0.25) is 9.78 Å². The highest BCUT2D eigenvalue weighted by atomic mass is 16.3. The molecule has 1 aromatic rings. The van der Waals surface area contributed by atoms with Crippen LogP contribution in [-0.2, 0) is 6.61 Å². The topological polar surface area (TPSA) is 53.4 Å². The molecular weight excluding hydrogens is 216 g/mol.